The molecule has 0 aromatic rings. The molecule has 1 nitrogen and oxygen atoms in total. The van der Waals surface area contributed by atoms with Gasteiger partial charge in [-0.25, -0.2) is 0 Å². The number of hydrogen-bond acceptors (Lipinski definition) is 1. The fourth-order valence-corrected chi connectivity index (χ4v) is 0.393. The zero-order chi connectivity index (χ0) is 9.82. The van der Waals surface area contributed by atoms with Crippen LogP contribution in [0.15, 0.2) is 24.3 Å². The number of hydrogen-bond donors (Lipinski definition) is 0. The zero-order valence-electron chi connectivity index (χ0n) is 7.72. The molecule has 1 rings (SSSR count). The van der Waals surface area contributed by atoms with Gasteiger partial charge in [-0.3, -0.25) is 0 Å². The van der Waals surface area contributed by atoms with Crippen molar-refractivity contribution in [3.05, 3.63) is 24.3 Å². The van der Waals surface area contributed by atoms with E-state index in [1.165, 1.54) is 0 Å². The first-order valence-electron chi connectivity index (χ1n) is 3.54. The summed E-state index contributed by atoms with van der Waals surface area (Å²) >= 11 is -0.556. The summed E-state index contributed by atoms with van der Waals surface area (Å²) in [6, 6.07) is 0. The third kappa shape index (κ3) is 30.9. The number of halogens is 2. The molecule has 0 atom stereocenters. The van der Waals surface area contributed by atoms with E-state index in [4.69, 9.17) is 18.6 Å². The molecule has 1 aliphatic carbocycles. The molecule has 0 amide bonds. The molecule has 0 aromatic heterocycles. The molecule has 0 N–H and O–H groups in total. The van der Waals surface area contributed by atoms with Gasteiger partial charge in [0.1, 0.15) is 0 Å². The van der Waals surface area contributed by atoms with E-state index in [1.54, 1.807) is 0 Å². The average molecular weight is 244 g/mol. The molecule has 70 valence electrons. The molecule has 0 unspecified atom stereocenters. The van der Waals surface area contributed by atoms with Gasteiger partial charge in [0.15, 0.2) is 0 Å². The minimum atomic E-state index is -0.556. The molecule has 0 aliphatic heterocycles. The number of rotatable bonds is 0. The predicted molar refractivity (Wildman–Crippen MR) is 54.2 cm³/mol. The van der Waals surface area contributed by atoms with Gasteiger partial charge in [0.2, 0.25) is 0 Å². The summed E-state index contributed by atoms with van der Waals surface area (Å²) in [5.41, 5.74) is 0. The first-order valence-corrected chi connectivity index (χ1v) is 7.83. The van der Waals surface area contributed by atoms with Crippen LogP contribution < -0.4 is 0 Å². The summed E-state index contributed by atoms with van der Waals surface area (Å²) in [4.78, 5) is 2.00. The van der Waals surface area contributed by atoms with Crippen molar-refractivity contribution in [1.29, 1.82) is 0 Å². The summed E-state index contributed by atoms with van der Waals surface area (Å²) in [5, 5.41) is 0. The van der Waals surface area contributed by atoms with Crippen molar-refractivity contribution >= 4 is 18.6 Å². The molecule has 0 saturated carbocycles. The van der Waals surface area contributed by atoms with E-state index in [-0.39, 0.29) is 0 Å². The first-order chi connectivity index (χ1) is 5.65. The zero-order valence-corrected chi connectivity index (χ0v) is 10.8. The van der Waals surface area contributed by atoms with Crippen molar-refractivity contribution < 1.29 is 17.0 Å². The molecule has 0 spiro atoms. The quantitative estimate of drug-likeness (QED) is 0.592. The normalized spacial score (nSPS) is 11.5. The number of allylic oxidation sites excluding steroid dienone is 4. The molecule has 1 aliphatic rings. The van der Waals surface area contributed by atoms with Crippen LogP contribution in [0, 0.1) is 0 Å². The second-order valence-electron chi connectivity index (χ2n) is 2.51. The maximum atomic E-state index is 4.89. The van der Waals surface area contributed by atoms with Crippen LogP contribution in [-0.4, -0.2) is 26.0 Å². The fourth-order valence-electron chi connectivity index (χ4n) is 0.393. The van der Waals surface area contributed by atoms with E-state index in [0.29, 0.717) is 0 Å². The van der Waals surface area contributed by atoms with Crippen LogP contribution >= 0.6 is 18.6 Å². The summed E-state index contributed by atoms with van der Waals surface area (Å²) in [7, 11) is 15.8. The molecular weight excluding hydrogens is 229 g/mol. The van der Waals surface area contributed by atoms with Gasteiger partial charge >= 0.3 is 35.6 Å². The Labute approximate surface area is 92.1 Å². The van der Waals surface area contributed by atoms with Crippen LogP contribution in [-0.2, 0) is 17.0 Å². The Hall–Kier alpha value is 0.734. The molecule has 0 aromatic carbocycles. The molecule has 0 radical (unpaired) electrons. The van der Waals surface area contributed by atoms with Crippen molar-refractivity contribution in [2.24, 2.45) is 0 Å². The molecular formula is C8H15Cl2NTi. The van der Waals surface area contributed by atoms with Crippen LogP contribution in [0.1, 0.15) is 6.42 Å². The van der Waals surface area contributed by atoms with Crippen LogP contribution in [0.4, 0.5) is 0 Å². The van der Waals surface area contributed by atoms with Gasteiger partial charge in [-0.05, 0) is 27.6 Å². The van der Waals surface area contributed by atoms with E-state index >= 15 is 0 Å². The standard InChI is InChI=1S/C5H6.C3H9N.2ClH.Ti/c1-2-4-5-3-1;1-4(2)3;;;/h1-4H,5H2;1-3H3;2*1H;/q;;;;+2/p-2. The third-order valence-corrected chi connectivity index (χ3v) is 0.655. The van der Waals surface area contributed by atoms with Gasteiger partial charge in [-0.15, -0.1) is 0 Å². The third-order valence-electron chi connectivity index (χ3n) is 0.655. The summed E-state index contributed by atoms with van der Waals surface area (Å²) < 4.78 is 0. The first kappa shape index (κ1) is 15.2. The van der Waals surface area contributed by atoms with Gasteiger partial charge in [0.25, 0.3) is 0 Å². The molecule has 12 heavy (non-hydrogen) atoms. The Morgan fingerprint density at radius 1 is 1.08 bits per heavy atom. The summed E-state index contributed by atoms with van der Waals surface area (Å²) in [6.45, 7) is 0. The van der Waals surface area contributed by atoms with E-state index in [1.807, 2.05) is 26.0 Å². The maximum absolute atomic E-state index is 4.89. The van der Waals surface area contributed by atoms with Crippen molar-refractivity contribution in [2.75, 3.05) is 21.1 Å². The molecule has 0 saturated heterocycles. The Morgan fingerprint density at radius 3 is 1.42 bits per heavy atom. The SMILES string of the molecule is C1=CCC=C1.CN(C)C.[Cl][Ti][Cl]. The van der Waals surface area contributed by atoms with E-state index in [2.05, 4.69) is 24.3 Å². The van der Waals surface area contributed by atoms with E-state index in [0.717, 1.165) is 6.42 Å². The van der Waals surface area contributed by atoms with Crippen LogP contribution in [0.5, 0.6) is 0 Å². The monoisotopic (exact) mass is 243 g/mol. The second-order valence-corrected chi connectivity index (χ2v) is 5.08. The Balaban J connectivity index is 0. The Morgan fingerprint density at radius 2 is 1.33 bits per heavy atom. The van der Waals surface area contributed by atoms with Gasteiger partial charge in [-0.2, -0.15) is 0 Å². The second kappa shape index (κ2) is 14.3. The minimum absolute atomic E-state index is 0.556. The Bertz CT molecular complexity index is 111. The number of nitrogens with zero attached hydrogens (tertiary/aromatic N) is 1. The van der Waals surface area contributed by atoms with Crippen molar-refractivity contribution in [3.8, 4) is 0 Å². The van der Waals surface area contributed by atoms with Crippen LogP contribution in [0.3, 0.4) is 0 Å². The molecule has 0 bridgehead atoms. The van der Waals surface area contributed by atoms with Gasteiger partial charge in [0, 0.05) is 0 Å². The van der Waals surface area contributed by atoms with E-state index in [9.17, 15) is 0 Å². The summed E-state index contributed by atoms with van der Waals surface area (Å²) in [6.07, 6.45) is 9.50. The fraction of sp³-hybridized carbons (Fsp3) is 0.500. The molecule has 0 heterocycles. The molecule has 4 heteroatoms. The van der Waals surface area contributed by atoms with Crippen molar-refractivity contribution in [3.63, 3.8) is 0 Å². The van der Waals surface area contributed by atoms with E-state index < -0.39 is 17.0 Å². The Kier molecular flexibility index (Phi) is 18.1. The topological polar surface area (TPSA) is 3.24 Å². The molecule has 0 fully saturated rings. The van der Waals surface area contributed by atoms with Gasteiger partial charge in [0.05, 0.1) is 0 Å². The van der Waals surface area contributed by atoms with Crippen molar-refractivity contribution in [2.45, 2.75) is 6.42 Å². The van der Waals surface area contributed by atoms with Gasteiger partial charge < -0.3 is 4.90 Å². The van der Waals surface area contributed by atoms with Crippen molar-refractivity contribution in [1.82, 2.24) is 4.90 Å². The van der Waals surface area contributed by atoms with Gasteiger partial charge in [-0.1, -0.05) is 24.3 Å². The predicted octanol–water partition coefficient (Wildman–Crippen LogP) is 3.06. The van der Waals surface area contributed by atoms with Crippen LogP contribution in [0.2, 0.25) is 0 Å². The summed E-state index contributed by atoms with van der Waals surface area (Å²) in [5.74, 6) is 0. The average Bonchev–Trinajstić information content (AvgIpc) is 2.40. The van der Waals surface area contributed by atoms with Crippen LogP contribution in [0.25, 0.3) is 0 Å².